The van der Waals surface area contributed by atoms with Crippen molar-refractivity contribution in [2.75, 3.05) is 0 Å². The molecule has 0 aliphatic carbocycles. The Morgan fingerprint density at radius 1 is 1.09 bits per heavy atom. The number of carbonyl (C=O) groups excluding carboxylic acids is 2. The minimum atomic E-state index is -0.723. The first kappa shape index (κ1) is 23.8. The summed E-state index contributed by atoms with van der Waals surface area (Å²) in [7, 11) is 0. The van der Waals surface area contributed by atoms with Gasteiger partial charge in [-0.25, -0.2) is 14.6 Å². The van der Waals surface area contributed by atoms with E-state index in [1.54, 1.807) is 24.3 Å². The van der Waals surface area contributed by atoms with Crippen molar-refractivity contribution in [2.45, 2.75) is 0 Å². The normalized spacial score (nSPS) is 14.0. The van der Waals surface area contributed by atoms with Gasteiger partial charge in [-0.2, -0.15) is 0 Å². The smallest absolute Gasteiger partial charge is 0.363 e. The molecule has 0 amide bonds. The molecule has 4 rings (SSSR count). The molecule has 0 aromatic heterocycles. The summed E-state index contributed by atoms with van der Waals surface area (Å²) in [6, 6.07) is 15.0. The van der Waals surface area contributed by atoms with Gasteiger partial charge >= 0.3 is 11.9 Å². The number of ether oxygens (including phenoxy) is 2. The van der Waals surface area contributed by atoms with Gasteiger partial charge in [0, 0.05) is 32.8 Å². The van der Waals surface area contributed by atoms with E-state index in [1.807, 2.05) is 0 Å². The third-order valence-electron chi connectivity index (χ3n) is 4.55. The summed E-state index contributed by atoms with van der Waals surface area (Å²) >= 11 is 12.6. The highest BCUT2D eigenvalue weighted by Crippen LogP contribution is 2.36. The van der Waals surface area contributed by atoms with Crippen molar-refractivity contribution in [3.8, 4) is 5.75 Å². The highest BCUT2D eigenvalue weighted by molar-refractivity contribution is 9.11. The molecule has 170 valence electrons. The van der Waals surface area contributed by atoms with E-state index in [0.717, 1.165) is 0 Å². The second-order valence-corrected chi connectivity index (χ2v) is 9.05. The first-order chi connectivity index (χ1) is 16.2. The van der Waals surface area contributed by atoms with E-state index in [1.165, 1.54) is 42.5 Å². The molecule has 1 aliphatic heterocycles. The van der Waals surface area contributed by atoms with Crippen LogP contribution in [0.1, 0.15) is 21.5 Å². The van der Waals surface area contributed by atoms with E-state index in [9.17, 15) is 19.7 Å². The van der Waals surface area contributed by atoms with E-state index in [2.05, 4.69) is 36.9 Å². The number of rotatable bonds is 5. The zero-order valence-corrected chi connectivity index (χ0v) is 20.8. The standard InChI is InChI=1S/C23H11Br2ClN2O6/c24-15-9-14(20(18(25)11-15)33-22(29)13-1-5-16(26)6-2-13)10-19-23(30)34-21(27-19)12-3-7-17(8-4-12)28(31)32/h1-11H/b19-10-. The number of non-ortho nitro benzene ring substituents is 1. The maximum Gasteiger partial charge on any atom is 0.363 e. The van der Waals surface area contributed by atoms with Crippen molar-refractivity contribution < 1.29 is 24.0 Å². The number of cyclic esters (lactones) is 1. The van der Waals surface area contributed by atoms with Crippen LogP contribution < -0.4 is 4.74 Å². The van der Waals surface area contributed by atoms with Gasteiger partial charge in [-0.05, 0) is 70.5 Å². The number of halogens is 3. The lowest BCUT2D eigenvalue weighted by Crippen LogP contribution is -2.10. The van der Waals surface area contributed by atoms with Crippen LogP contribution in [0.25, 0.3) is 6.08 Å². The van der Waals surface area contributed by atoms with Gasteiger partial charge < -0.3 is 9.47 Å². The summed E-state index contributed by atoms with van der Waals surface area (Å²) in [5.41, 5.74) is 0.922. The monoisotopic (exact) mass is 604 g/mol. The molecule has 0 bridgehead atoms. The van der Waals surface area contributed by atoms with Gasteiger partial charge in [0.1, 0.15) is 0 Å². The Morgan fingerprint density at radius 2 is 1.76 bits per heavy atom. The van der Waals surface area contributed by atoms with E-state index in [-0.39, 0.29) is 28.6 Å². The van der Waals surface area contributed by atoms with Crippen LogP contribution in [0.5, 0.6) is 5.75 Å². The number of nitro benzene ring substituents is 1. The van der Waals surface area contributed by atoms with Crippen LogP contribution in [0, 0.1) is 10.1 Å². The first-order valence-corrected chi connectivity index (χ1v) is 11.4. The van der Waals surface area contributed by atoms with Crippen molar-refractivity contribution in [2.24, 2.45) is 4.99 Å². The van der Waals surface area contributed by atoms with Gasteiger partial charge in [-0.15, -0.1) is 0 Å². The van der Waals surface area contributed by atoms with Crippen molar-refractivity contribution in [1.29, 1.82) is 0 Å². The highest BCUT2D eigenvalue weighted by atomic mass is 79.9. The SMILES string of the molecule is O=C1OC(c2ccc([N+](=O)[O-])cc2)=N/C1=C\c1cc(Br)cc(Br)c1OC(=O)c1ccc(Cl)cc1. The molecule has 0 saturated heterocycles. The molecule has 0 radical (unpaired) electrons. The minimum absolute atomic E-state index is 0.0000746. The molecule has 11 heteroatoms. The molecule has 34 heavy (non-hydrogen) atoms. The van der Waals surface area contributed by atoms with E-state index >= 15 is 0 Å². The predicted octanol–water partition coefficient (Wildman–Crippen LogP) is 6.34. The van der Waals surface area contributed by atoms with Crippen LogP contribution in [-0.4, -0.2) is 22.8 Å². The number of benzene rings is 3. The second kappa shape index (κ2) is 9.88. The molecule has 0 spiro atoms. The van der Waals surface area contributed by atoms with E-state index in [0.29, 0.717) is 25.1 Å². The zero-order valence-electron chi connectivity index (χ0n) is 16.8. The number of aliphatic imine (C=N–C) groups is 1. The Hall–Kier alpha value is -3.34. The molecule has 0 unspecified atom stereocenters. The molecule has 0 atom stereocenters. The lowest BCUT2D eigenvalue weighted by Gasteiger charge is -2.11. The first-order valence-electron chi connectivity index (χ1n) is 9.45. The number of nitro groups is 1. The third kappa shape index (κ3) is 5.24. The summed E-state index contributed by atoms with van der Waals surface area (Å²) in [5.74, 6) is -1.18. The molecule has 0 N–H and O–H groups in total. The Morgan fingerprint density at radius 3 is 2.41 bits per heavy atom. The molecular weight excluding hydrogens is 596 g/mol. The third-order valence-corrected chi connectivity index (χ3v) is 5.85. The zero-order chi connectivity index (χ0) is 24.4. The van der Waals surface area contributed by atoms with Crippen LogP contribution in [0.3, 0.4) is 0 Å². The van der Waals surface area contributed by atoms with Gasteiger partial charge in [0.25, 0.3) is 5.69 Å². The van der Waals surface area contributed by atoms with Crippen molar-refractivity contribution in [3.63, 3.8) is 0 Å². The van der Waals surface area contributed by atoms with Gasteiger partial charge in [0.2, 0.25) is 5.90 Å². The largest absolute Gasteiger partial charge is 0.421 e. The fourth-order valence-corrected chi connectivity index (χ4v) is 4.40. The van der Waals surface area contributed by atoms with Crippen LogP contribution in [0.2, 0.25) is 5.02 Å². The summed E-state index contributed by atoms with van der Waals surface area (Å²) in [4.78, 5) is 39.6. The van der Waals surface area contributed by atoms with Crippen LogP contribution in [0.4, 0.5) is 5.69 Å². The van der Waals surface area contributed by atoms with E-state index < -0.39 is 16.9 Å². The maximum atomic E-state index is 12.6. The molecular formula is C23H11Br2ClN2O6. The summed E-state index contributed by atoms with van der Waals surface area (Å²) in [6.45, 7) is 0. The van der Waals surface area contributed by atoms with Crippen LogP contribution in [-0.2, 0) is 9.53 Å². The number of carbonyl (C=O) groups is 2. The maximum absolute atomic E-state index is 12.6. The Balaban J connectivity index is 1.67. The van der Waals surface area contributed by atoms with Crippen LogP contribution >= 0.6 is 43.5 Å². The number of esters is 2. The summed E-state index contributed by atoms with van der Waals surface area (Å²) in [6.07, 6.45) is 1.42. The Kier molecular flexibility index (Phi) is 6.92. The fourth-order valence-electron chi connectivity index (χ4n) is 2.94. The Bertz CT molecular complexity index is 1390. The average Bonchev–Trinajstić information content (AvgIpc) is 3.16. The molecule has 1 aliphatic rings. The molecule has 3 aromatic carbocycles. The quantitative estimate of drug-likeness (QED) is 0.110. The Labute approximate surface area is 214 Å². The lowest BCUT2D eigenvalue weighted by molar-refractivity contribution is -0.384. The van der Waals surface area contributed by atoms with Gasteiger partial charge in [-0.3, -0.25) is 10.1 Å². The second-order valence-electron chi connectivity index (χ2n) is 6.84. The van der Waals surface area contributed by atoms with Gasteiger partial charge in [0.15, 0.2) is 11.4 Å². The molecule has 0 fully saturated rings. The molecule has 0 saturated carbocycles. The van der Waals surface area contributed by atoms with Crippen LogP contribution in [0.15, 0.2) is 80.3 Å². The average molecular weight is 607 g/mol. The fraction of sp³-hybridized carbons (Fsp3) is 0. The van der Waals surface area contributed by atoms with E-state index in [4.69, 9.17) is 21.1 Å². The topological polar surface area (TPSA) is 108 Å². The lowest BCUT2D eigenvalue weighted by atomic mass is 10.1. The molecule has 1 heterocycles. The number of hydrogen-bond acceptors (Lipinski definition) is 7. The van der Waals surface area contributed by atoms with Gasteiger partial charge in [0.05, 0.1) is 15.0 Å². The highest BCUT2D eigenvalue weighted by Gasteiger charge is 2.26. The van der Waals surface area contributed by atoms with Gasteiger partial charge in [-0.1, -0.05) is 27.5 Å². The van der Waals surface area contributed by atoms with Crippen molar-refractivity contribution >= 4 is 73.1 Å². The van der Waals surface area contributed by atoms with Crippen molar-refractivity contribution in [3.05, 3.63) is 107 Å². The number of nitrogens with zero attached hydrogens (tertiary/aromatic N) is 2. The molecule has 3 aromatic rings. The number of hydrogen-bond donors (Lipinski definition) is 0. The van der Waals surface area contributed by atoms with Crippen molar-refractivity contribution in [1.82, 2.24) is 0 Å². The molecule has 8 nitrogen and oxygen atoms in total. The summed E-state index contributed by atoms with van der Waals surface area (Å²) in [5, 5.41) is 11.3. The predicted molar refractivity (Wildman–Crippen MR) is 132 cm³/mol. The summed E-state index contributed by atoms with van der Waals surface area (Å²) < 4.78 is 11.9. The minimum Gasteiger partial charge on any atom is -0.421 e.